The van der Waals surface area contributed by atoms with Crippen molar-refractivity contribution in [3.63, 3.8) is 0 Å². The highest BCUT2D eigenvalue weighted by atomic mass is 15.1. The molecule has 1 saturated heterocycles. The Kier molecular flexibility index (Phi) is 4.19. The molecule has 2 nitrogen and oxygen atoms in total. The van der Waals surface area contributed by atoms with Gasteiger partial charge in [-0.2, -0.15) is 0 Å². The van der Waals surface area contributed by atoms with E-state index in [0.717, 1.165) is 13.1 Å². The third-order valence-corrected chi connectivity index (χ3v) is 3.96. The summed E-state index contributed by atoms with van der Waals surface area (Å²) in [5.74, 6) is 0.493. The zero-order valence-electron chi connectivity index (χ0n) is 11.1. The van der Waals surface area contributed by atoms with Gasteiger partial charge in [0.25, 0.3) is 0 Å². The van der Waals surface area contributed by atoms with Crippen molar-refractivity contribution in [3.05, 3.63) is 34.9 Å². The summed E-state index contributed by atoms with van der Waals surface area (Å²) in [5, 5.41) is 0. The average Bonchev–Trinajstić information content (AvgIpc) is 2.82. The molecule has 1 heterocycles. The summed E-state index contributed by atoms with van der Waals surface area (Å²) in [6, 6.07) is 6.77. The maximum atomic E-state index is 5.94. The van der Waals surface area contributed by atoms with E-state index < -0.39 is 0 Å². The van der Waals surface area contributed by atoms with Crippen molar-refractivity contribution in [2.24, 2.45) is 5.73 Å². The van der Waals surface area contributed by atoms with Gasteiger partial charge in [0.15, 0.2) is 0 Å². The van der Waals surface area contributed by atoms with Gasteiger partial charge in [-0.15, -0.1) is 0 Å². The summed E-state index contributed by atoms with van der Waals surface area (Å²) in [6.45, 7) is 8.72. The van der Waals surface area contributed by atoms with Gasteiger partial charge >= 0.3 is 0 Å². The van der Waals surface area contributed by atoms with E-state index in [1.165, 1.54) is 42.6 Å². The van der Waals surface area contributed by atoms with E-state index in [2.05, 4.69) is 36.9 Å². The number of rotatable bonds is 4. The molecular weight excluding hydrogens is 208 g/mol. The number of likely N-dealkylation sites (tertiary alicyclic amines) is 1. The maximum Gasteiger partial charge on any atom is 0.00889 e. The van der Waals surface area contributed by atoms with Crippen molar-refractivity contribution >= 4 is 0 Å². The first-order valence-electron chi connectivity index (χ1n) is 6.70. The van der Waals surface area contributed by atoms with Gasteiger partial charge in [-0.25, -0.2) is 0 Å². The van der Waals surface area contributed by atoms with Crippen LogP contribution < -0.4 is 5.73 Å². The van der Waals surface area contributed by atoms with Crippen LogP contribution >= 0.6 is 0 Å². The van der Waals surface area contributed by atoms with Crippen molar-refractivity contribution in [3.8, 4) is 0 Å². The van der Waals surface area contributed by atoms with Crippen LogP contribution in [-0.2, 0) is 0 Å². The predicted molar refractivity (Wildman–Crippen MR) is 73.4 cm³/mol. The minimum Gasteiger partial charge on any atom is -0.330 e. The summed E-state index contributed by atoms with van der Waals surface area (Å²) in [6.07, 6.45) is 2.70. The monoisotopic (exact) mass is 232 g/mol. The molecule has 0 aromatic heterocycles. The normalized spacial score (nSPS) is 18.5. The smallest absolute Gasteiger partial charge is 0.00889 e. The minimum atomic E-state index is 0.493. The fraction of sp³-hybridized carbons (Fsp3) is 0.600. The zero-order valence-corrected chi connectivity index (χ0v) is 11.1. The van der Waals surface area contributed by atoms with Gasteiger partial charge < -0.3 is 10.6 Å². The molecule has 0 bridgehead atoms. The van der Waals surface area contributed by atoms with E-state index in [4.69, 9.17) is 5.73 Å². The lowest BCUT2D eigenvalue weighted by molar-refractivity contribution is 0.315. The molecule has 2 heteroatoms. The second-order valence-corrected chi connectivity index (χ2v) is 5.28. The van der Waals surface area contributed by atoms with Crippen molar-refractivity contribution in [1.29, 1.82) is 0 Å². The van der Waals surface area contributed by atoms with Crippen LogP contribution in [0.25, 0.3) is 0 Å². The van der Waals surface area contributed by atoms with E-state index in [9.17, 15) is 0 Å². The van der Waals surface area contributed by atoms with Gasteiger partial charge in [0.05, 0.1) is 0 Å². The van der Waals surface area contributed by atoms with Gasteiger partial charge in [-0.3, -0.25) is 0 Å². The molecule has 1 aliphatic heterocycles. The second-order valence-electron chi connectivity index (χ2n) is 5.28. The highest BCUT2D eigenvalue weighted by Crippen LogP contribution is 2.21. The molecule has 1 aliphatic rings. The van der Waals surface area contributed by atoms with Gasteiger partial charge in [0.2, 0.25) is 0 Å². The number of hydrogen-bond acceptors (Lipinski definition) is 2. The Morgan fingerprint density at radius 3 is 2.47 bits per heavy atom. The Labute approximate surface area is 105 Å². The number of hydrogen-bond donors (Lipinski definition) is 1. The molecule has 1 aromatic carbocycles. The third kappa shape index (κ3) is 3.08. The van der Waals surface area contributed by atoms with Crippen LogP contribution in [0, 0.1) is 13.8 Å². The van der Waals surface area contributed by atoms with Crippen LogP contribution in [0.2, 0.25) is 0 Å². The molecule has 2 rings (SSSR count). The molecule has 0 radical (unpaired) electrons. The molecule has 1 unspecified atom stereocenters. The Morgan fingerprint density at radius 1 is 1.18 bits per heavy atom. The van der Waals surface area contributed by atoms with Crippen molar-refractivity contribution in [2.45, 2.75) is 32.6 Å². The Bertz CT molecular complexity index is 367. The summed E-state index contributed by atoms with van der Waals surface area (Å²) in [7, 11) is 0. The Hall–Kier alpha value is -0.860. The maximum absolute atomic E-state index is 5.94. The fourth-order valence-electron chi connectivity index (χ4n) is 2.61. The summed E-state index contributed by atoms with van der Waals surface area (Å²) < 4.78 is 0. The average molecular weight is 232 g/mol. The molecule has 1 fully saturated rings. The Balaban J connectivity index is 2.08. The molecule has 17 heavy (non-hydrogen) atoms. The van der Waals surface area contributed by atoms with Crippen LogP contribution in [0.15, 0.2) is 18.2 Å². The Morgan fingerprint density at radius 2 is 1.88 bits per heavy atom. The molecule has 0 spiro atoms. The minimum absolute atomic E-state index is 0.493. The van der Waals surface area contributed by atoms with Gasteiger partial charge in [-0.05, 0) is 56.5 Å². The van der Waals surface area contributed by atoms with E-state index in [1.807, 2.05) is 0 Å². The number of aryl methyl sites for hydroxylation is 2. The van der Waals surface area contributed by atoms with E-state index in [0.29, 0.717) is 5.92 Å². The lowest BCUT2D eigenvalue weighted by Crippen LogP contribution is -2.29. The van der Waals surface area contributed by atoms with Crippen molar-refractivity contribution < 1.29 is 0 Å². The molecule has 1 atom stereocenters. The quantitative estimate of drug-likeness (QED) is 0.864. The highest BCUT2D eigenvalue weighted by Gasteiger charge is 2.18. The fourth-order valence-corrected chi connectivity index (χ4v) is 2.61. The molecule has 2 N–H and O–H groups in total. The largest absolute Gasteiger partial charge is 0.330 e. The number of nitrogens with zero attached hydrogens (tertiary/aromatic N) is 1. The lowest BCUT2D eigenvalue weighted by Gasteiger charge is -2.23. The summed E-state index contributed by atoms with van der Waals surface area (Å²) in [5.41, 5.74) is 10.1. The molecule has 1 aromatic rings. The lowest BCUT2D eigenvalue weighted by atomic mass is 9.95. The standard InChI is InChI=1S/C15H24N2/c1-12-5-6-14(9-13(12)2)15(10-16)11-17-7-3-4-8-17/h5-6,9,15H,3-4,7-8,10-11,16H2,1-2H3. The molecule has 0 aliphatic carbocycles. The van der Waals surface area contributed by atoms with Crippen molar-refractivity contribution in [1.82, 2.24) is 4.90 Å². The third-order valence-electron chi connectivity index (χ3n) is 3.96. The second kappa shape index (κ2) is 5.65. The molecule has 0 amide bonds. The molecular formula is C15H24N2. The van der Waals surface area contributed by atoms with Crippen LogP contribution in [0.1, 0.15) is 35.4 Å². The first-order chi connectivity index (χ1) is 8.20. The van der Waals surface area contributed by atoms with E-state index in [-0.39, 0.29) is 0 Å². The first kappa shape index (κ1) is 12.6. The topological polar surface area (TPSA) is 29.3 Å². The zero-order chi connectivity index (χ0) is 12.3. The van der Waals surface area contributed by atoms with Crippen LogP contribution in [0.3, 0.4) is 0 Å². The number of nitrogens with two attached hydrogens (primary N) is 1. The highest BCUT2D eigenvalue weighted by molar-refractivity contribution is 5.32. The number of benzene rings is 1. The van der Waals surface area contributed by atoms with Crippen LogP contribution in [0.5, 0.6) is 0 Å². The predicted octanol–water partition coefficient (Wildman–Crippen LogP) is 2.44. The van der Waals surface area contributed by atoms with Crippen LogP contribution in [0.4, 0.5) is 0 Å². The molecule has 94 valence electrons. The van der Waals surface area contributed by atoms with Gasteiger partial charge in [-0.1, -0.05) is 18.2 Å². The summed E-state index contributed by atoms with van der Waals surface area (Å²) >= 11 is 0. The SMILES string of the molecule is Cc1ccc(C(CN)CN2CCCC2)cc1C. The van der Waals surface area contributed by atoms with Crippen LogP contribution in [-0.4, -0.2) is 31.1 Å². The van der Waals surface area contributed by atoms with Gasteiger partial charge in [0.1, 0.15) is 0 Å². The van der Waals surface area contributed by atoms with Crippen molar-refractivity contribution in [2.75, 3.05) is 26.2 Å². The van der Waals surface area contributed by atoms with Gasteiger partial charge in [0, 0.05) is 19.0 Å². The molecule has 0 saturated carbocycles. The van der Waals surface area contributed by atoms with E-state index in [1.54, 1.807) is 0 Å². The van der Waals surface area contributed by atoms with E-state index >= 15 is 0 Å². The first-order valence-corrected chi connectivity index (χ1v) is 6.70. The summed E-state index contributed by atoms with van der Waals surface area (Å²) in [4.78, 5) is 2.55.